The number of hydrogen-bond donors (Lipinski definition) is 1. The highest BCUT2D eigenvalue weighted by Gasteiger charge is 2.29. The molecule has 2 N–H and O–H groups in total. The average Bonchev–Trinajstić information content (AvgIpc) is 3.14. The van der Waals surface area contributed by atoms with Crippen molar-refractivity contribution in [2.45, 2.75) is 30.8 Å². The van der Waals surface area contributed by atoms with Crippen molar-refractivity contribution in [3.63, 3.8) is 0 Å². The van der Waals surface area contributed by atoms with Crippen LogP contribution in [0.4, 0.5) is 0 Å². The molecule has 1 atom stereocenters. The number of rotatable bonds is 5. The van der Waals surface area contributed by atoms with Gasteiger partial charge in [0.1, 0.15) is 0 Å². The van der Waals surface area contributed by atoms with Crippen molar-refractivity contribution in [1.29, 1.82) is 0 Å². The number of likely N-dealkylation sites (N-methyl/N-ethyl adjacent to an activating group) is 1. The molecule has 6 nitrogen and oxygen atoms in total. The topological polar surface area (TPSA) is 83.7 Å². The molecule has 2 heterocycles. The van der Waals surface area contributed by atoms with Crippen LogP contribution in [0.2, 0.25) is 0 Å². The molecular formula is C18H24ClN3O3S2. The van der Waals surface area contributed by atoms with E-state index in [9.17, 15) is 13.2 Å². The third-order valence-corrected chi connectivity index (χ3v) is 7.68. The number of hydrogen-bond acceptors (Lipinski definition) is 5. The zero-order valence-corrected chi connectivity index (χ0v) is 17.7. The van der Waals surface area contributed by atoms with Gasteiger partial charge >= 0.3 is 0 Å². The van der Waals surface area contributed by atoms with Gasteiger partial charge in [-0.2, -0.15) is 4.31 Å². The summed E-state index contributed by atoms with van der Waals surface area (Å²) in [4.78, 5) is 15.5. The number of carbonyl (C=O) groups is 1. The molecule has 0 saturated heterocycles. The third kappa shape index (κ3) is 4.35. The molecule has 0 radical (unpaired) electrons. The van der Waals surface area contributed by atoms with Crippen molar-refractivity contribution in [1.82, 2.24) is 9.21 Å². The molecule has 9 heteroatoms. The van der Waals surface area contributed by atoms with Gasteiger partial charge in [-0.1, -0.05) is 6.07 Å². The quantitative estimate of drug-likeness (QED) is 0.790. The summed E-state index contributed by atoms with van der Waals surface area (Å²) < 4.78 is 27.6. The number of amides is 1. The summed E-state index contributed by atoms with van der Waals surface area (Å²) in [6.45, 7) is 3.03. The fraction of sp³-hybridized carbons (Fsp3) is 0.389. The van der Waals surface area contributed by atoms with Crippen molar-refractivity contribution in [2.75, 3.05) is 20.1 Å². The maximum absolute atomic E-state index is 13.0. The Morgan fingerprint density at radius 2 is 2.11 bits per heavy atom. The molecule has 0 saturated carbocycles. The highest BCUT2D eigenvalue weighted by Crippen LogP contribution is 2.28. The maximum atomic E-state index is 13.0. The summed E-state index contributed by atoms with van der Waals surface area (Å²) in [5, 5.41) is 1.99. The molecule has 0 spiro atoms. The normalized spacial score (nSPS) is 15.5. The minimum atomic E-state index is -3.65. The Kier molecular flexibility index (Phi) is 7.04. The first-order chi connectivity index (χ1) is 12.3. The number of benzene rings is 1. The van der Waals surface area contributed by atoms with E-state index in [0.717, 1.165) is 12.0 Å². The molecule has 1 aliphatic heterocycles. The predicted octanol–water partition coefficient (Wildman–Crippen LogP) is 2.34. The van der Waals surface area contributed by atoms with Gasteiger partial charge < -0.3 is 10.6 Å². The van der Waals surface area contributed by atoms with E-state index in [-0.39, 0.29) is 29.3 Å². The number of thiophene rings is 1. The third-order valence-electron chi connectivity index (χ3n) is 4.81. The van der Waals surface area contributed by atoms with Crippen molar-refractivity contribution in [2.24, 2.45) is 5.73 Å². The van der Waals surface area contributed by atoms with Gasteiger partial charge in [-0.15, -0.1) is 23.7 Å². The van der Waals surface area contributed by atoms with Crippen LogP contribution < -0.4 is 5.73 Å². The second kappa shape index (κ2) is 8.70. The molecule has 0 aliphatic carbocycles. The Hall–Kier alpha value is -1.45. The van der Waals surface area contributed by atoms with Crippen LogP contribution in [-0.4, -0.2) is 49.7 Å². The largest absolute Gasteiger partial charge is 0.338 e. The molecule has 0 bridgehead atoms. The van der Waals surface area contributed by atoms with E-state index in [1.807, 2.05) is 18.4 Å². The second-order valence-electron chi connectivity index (χ2n) is 6.49. The predicted molar refractivity (Wildman–Crippen MR) is 110 cm³/mol. The molecule has 0 fully saturated rings. The first-order valence-electron chi connectivity index (χ1n) is 8.47. The van der Waals surface area contributed by atoms with Crippen molar-refractivity contribution in [3.05, 3.63) is 51.7 Å². The summed E-state index contributed by atoms with van der Waals surface area (Å²) in [6, 6.07) is 8.10. The van der Waals surface area contributed by atoms with Crippen molar-refractivity contribution >= 4 is 39.7 Å². The molecule has 148 valence electrons. The summed E-state index contributed by atoms with van der Waals surface area (Å²) >= 11 is 1.67. The highest BCUT2D eigenvalue weighted by atomic mass is 35.5. The smallest absolute Gasteiger partial charge is 0.253 e. The van der Waals surface area contributed by atoms with Gasteiger partial charge in [0, 0.05) is 43.2 Å². The van der Waals surface area contributed by atoms with Gasteiger partial charge in [0.2, 0.25) is 10.0 Å². The molecule has 1 aliphatic rings. The fourth-order valence-electron chi connectivity index (χ4n) is 2.93. The summed E-state index contributed by atoms with van der Waals surface area (Å²) in [7, 11) is -1.98. The number of sulfonamides is 1. The van der Waals surface area contributed by atoms with E-state index in [4.69, 9.17) is 5.73 Å². The Balaban J connectivity index is 0.00000261. The first-order valence-corrected chi connectivity index (χ1v) is 10.8. The summed E-state index contributed by atoms with van der Waals surface area (Å²) in [5.41, 5.74) is 7.03. The van der Waals surface area contributed by atoms with Crippen LogP contribution in [0.3, 0.4) is 0 Å². The lowest BCUT2D eigenvalue weighted by molar-refractivity contribution is 0.0748. The van der Waals surface area contributed by atoms with Gasteiger partial charge in [0.25, 0.3) is 5.91 Å². The van der Waals surface area contributed by atoms with E-state index in [2.05, 4.69) is 0 Å². The van der Waals surface area contributed by atoms with Gasteiger partial charge in [0.15, 0.2) is 0 Å². The van der Waals surface area contributed by atoms with E-state index in [0.29, 0.717) is 25.2 Å². The van der Waals surface area contributed by atoms with Gasteiger partial charge in [-0.3, -0.25) is 4.79 Å². The van der Waals surface area contributed by atoms with Crippen LogP contribution in [0.15, 0.2) is 40.6 Å². The SMILES string of the molecule is CC(CN)N(C)C(=O)c1cccc(S(=O)(=O)N2CCc3sccc3C2)c1.Cl. The molecule has 1 amide bonds. The minimum Gasteiger partial charge on any atom is -0.338 e. The molecule has 1 unspecified atom stereocenters. The van der Waals surface area contributed by atoms with E-state index in [1.54, 1.807) is 36.6 Å². The van der Waals surface area contributed by atoms with Gasteiger partial charge in [-0.25, -0.2) is 8.42 Å². The number of halogens is 1. The Morgan fingerprint density at radius 1 is 1.37 bits per heavy atom. The summed E-state index contributed by atoms with van der Waals surface area (Å²) in [5.74, 6) is -0.237. The minimum absolute atomic E-state index is 0. The highest BCUT2D eigenvalue weighted by molar-refractivity contribution is 7.89. The maximum Gasteiger partial charge on any atom is 0.253 e. The van der Waals surface area contributed by atoms with E-state index in [1.165, 1.54) is 20.1 Å². The lowest BCUT2D eigenvalue weighted by Gasteiger charge is -2.27. The standard InChI is InChI=1S/C18H23N3O3S2.ClH/c1-13(11-19)20(2)18(22)14-4-3-5-16(10-14)26(23,24)21-8-6-17-15(12-21)7-9-25-17;/h3-5,7,9-10,13H,6,8,11-12,19H2,1-2H3;1H. The number of nitrogens with zero attached hydrogens (tertiary/aromatic N) is 2. The van der Waals surface area contributed by atoms with Crippen molar-refractivity contribution < 1.29 is 13.2 Å². The molecule has 27 heavy (non-hydrogen) atoms. The summed E-state index contributed by atoms with van der Waals surface area (Å²) in [6.07, 6.45) is 0.724. The number of nitrogens with two attached hydrogens (primary N) is 1. The number of fused-ring (bicyclic) bond motifs is 1. The zero-order valence-electron chi connectivity index (χ0n) is 15.3. The zero-order chi connectivity index (χ0) is 18.9. The number of carbonyl (C=O) groups excluding carboxylic acids is 1. The van der Waals surface area contributed by atoms with Crippen LogP contribution in [0, 0.1) is 0 Å². The Morgan fingerprint density at radius 3 is 2.81 bits per heavy atom. The Labute approximate surface area is 170 Å². The molecule has 2 aromatic rings. The van der Waals surface area contributed by atoms with Crippen LogP contribution >= 0.6 is 23.7 Å². The van der Waals surface area contributed by atoms with Gasteiger partial charge in [0.05, 0.1) is 4.90 Å². The van der Waals surface area contributed by atoms with E-state index >= 15 is 0 Å². The molecule has 3 rings (SSSR count). The van der Waals surface area contributed by atoms with Crippen LogP contribution in [0.5, 0.6) is 0 Å². The van der Waals surface area contributed by atoms with Crippen LogP contribution in [0.25, 0.3) is 0 Å². The second-order valence-corrected chi connectivity index (χ2v) is 9.42. The van der Waals surface area contributed by atoms with E-state index < -0.39 is 10.0 Å². The monoisotopic (exact) mass is 429 g/mol. The van der Waals surface area contributed by atoms with Crippen molar-refractivity contribution in [3.8, 4) is 0 Å². The Bertz CT molecular complexity index is 914. The average molecular weight is 430 g/mol. The lowest BCUT2D eigenvalue weighted by Crippen LogP contribution is -2.40. The van der Waals surface area contributed by atoms with Crippen LogP contribution in [0.1, 0.15) is 27.7 Å². The lowest BCUT2D eigenvalue weighted by atomic mass is 10.1. The van der Waals surface area contributed by atoms with Crippen LogP contribution in [-0.2, 0) is 23.0 Å². The first kappa shape index (κ1) is 21.8. The van der Waals surface area contributed by atoms with Gasteiger partial charge in [-0.05, 0) is 48.6 Å². The molecular weight excluding hydrogens is 406 g/mol. The fourth-order valence-corrected chi connectivity index (χ4v) is 5.28. The molecule has 1 aromatic heterocycles. The molecule has 1 aromatic carbocycles.